The molecule has 2 aromatic rings. The highest BCUT2D eigenvalue weighted by atomic mass is 79.9. The lowest BCUT2D eigenvalue weighted by Gasteiger charge is -2.28. The summed E-state index contributed by atoms with van der Waals surface area (Å²) < 4.78 is 2.95. The normalized spacial score (nSPS) is 20.6. The largest absolute Gasteiger partial charge is 0.334 e. The van der Waals surface area contributed by atoms with Gasteiger partial charge in [-0.1, -0.05) is 0 Å². The number of nitrogens with zero attached hydrogens (tertiary/aromatic N) is 4. The van der Waals surface area contributed by atoms with Gasteiger partial charge in [-0.2, -0.15) is 5.10 Å². The van der Waals surface area contributed by atoms with Crippen molar-refractivity contribution in [2.24, 2.45) is 0 Å². The Labute approximate surface area is 169 Å². The maximum atomic E-state index is 13.1. The number of hydrogen-bond donors (Lipinski definition) is 0. The predicted molar refractivity (Wildman–Crippen MR) is 110 cm³/mol. The lowest BCUT2D eigenvalue weighted by Crippen LogP contribution is -2.42. The molecule has 4 rings (SSSR count). The molecule has 2 saturated heterocycles. The Hall–Kier alpha value is -1.66. The number of halogens is 1. The molecule has 3 heterocycles. The molecule has 27 heavy (non-hydrogen) atoms. The second kappa shape index (κ2) is 7.76. The van der Waals surface area contributed by atoms with Crippen molar-refractivity contribution < 1.29 is 4.79 Å². The number of likely N-dealkylation sites (tertiary alicyclic amines) is 2. The molecule has 2 aliphatic heterocycles. The predicted octanol–water partition coefficient (Wildman–Crippen LogP) is 3.95. The summed E-state index contributed by atoms with van der Waals surface area (Å²) in [5.41, 5.74) is 3.78. The van der Waals surface area contributed by atoms with E-state index in [0.717, 1.165) is 53.0 Å². The van der Waals surface area contributed by atoms with Crippen molar-refractivity contribution >= 4 is 21.8 Å². The maximum absolute atomic E-state index is 13.1. The molecule has 0 saturated carbocycles. The molecule has 2 aliphatic rings. The number of aryl methyl sites for hydroxylation is 1. The van der Waals surface area contributed by atoms with E-state index < -0.39 is 0 Å². The van der Waals surface area contributed by atoms with Crippen LogP contribution in [0.25, 0.3) is 5.69 Å². The van der Waals surface area contributed by atoms with E-state index in [4.69, 9.17) is 0 Å². The van der Waals surface area contributed by atoms with Crippen molar-refractivity contribution in [1.82, 2.24) is 19.6 Å². The molecule has 144 valence electrons. The molecule has 0 radical (unpaired) electrons. The lowest BCUT2D eigenvalue weighted by molar-refractivity contribution is 0.0709. The van der Waals surface area contributed by atoms with Crippen molar-refractivity contribution in [2.75, 3.05) is 26.2 Å². The lowest BCUT2D eigenvalue weighted by atomic mass is 10.1. The van der Waals surface area contributed by atoms with Crippen LogP contribution in [0.3, 0.4) is 0 Å². The van der Waals surface area contributed by atoms with E-state index >= 15 is 0 Å². The van der Waals surface area contributed by atoms with Crippen LogP contribution in [-0.2, 0) is 0 Å². The van der Waals surface area contributed by atoms with E-state index in [-0.39, 0.29) is 5.91 Å². The number of benzene rings is 1. The highest BCUT2D eigenvalue weighted by Crippen LogP contribution is 2.25. The average molecular weight is 431 g/mol. The number of aromatic nitrogens is 2. The van der Waals surface area contributed by atoms with Gasteiger partial charge >= 0.3 is 0 Å². The van der Waals surface area contributed by atoms with Crippen LogP contribution in [0.1, 0.15) is 47.4 Å². The Balaban J connectivity index is 1.49. The van der Waals surface area contributed by atoms with Crippen LogP contribution in [0.4, 0.5) is 0 Å². The molecular formula is C21H27BrN4O. The zero-order valence-corrected chi connectivity index (χ0v) is 17.7. The van der Waals surface area contributed by atoms with Gasteiger partial charge in [-0.25, -0.2) is 4.68 Å². The van der Waals surface area contributed by atoms with E-state index in [1.54, 1.807) is 0 Å². The van der Waals surface area contributed by atoms with Gasteiger partial charge in [0.05, 0.1) is 21.5 Å². The number of carbonyl (C=O) groups is 1. The van der Waals surface area contributed by atoms with Crippen LogP contribution in [0.15, 0.2) is 28.7 Å². The van der Waals surface area contributed by atoms with Crippen LogP contribution in [0.5, 0.6) is 0 Å². The first-order valence-corrected chi connectivity index (χ1v) is 10.7. The number of hydrogen-bond acceptors (Lipinski definition) is 3. The van der Waals surface area contributed by atoms with Gasteiger partial charge in [0.15, 0.2) is 0 Å². The van der Waals surface area contributed by atoms with Crippen LogP contribution in [-0.4, -0.2) is 57.7 Å². The highest BCUT2D eigenvalue weighted by molar-refractivity contribution is 9.10. The second-order valence-electron chi connectivity index (χ2n) is 7.75. The van der Waals surface area contributed by atoms with Gasteiger partial charge in [0.1, 0.15) is 0 Å². The molecule has 1 atom stereocenters. The standard InChI is InChI=1S/C21H27BrN4O/c1-15-20(22)16(2)26(23-15)18-9-7-17(8-10-18)21(27)25-13-5-6-19(25)14-24-11-3-4-12-24/h7-10,19H,3-6,11-14H2,1-2H3. The third kappa shape index (κ3) is 3.69. The van der Waals surface area contributed by atoms with Gasteiger partial charge in [-0.3, -0.25) is 4.79 Å². The fraction of sp³-hybridized carbons (Fsp3) is 0.524. The zero-order chi connectivity index (χ0) is 19.0. The second-order valence-corrected chi connectivity index (χ2v) is 8.54. The highest BCUT2D eigenvalue weighted by Gasteiger charge is 2.31. The Morgan fingerprint density at radius 2 is 1.81 bits per heavy atom. The van der Waals surface area contributed by atoms with E-state index in [9.17, 15) is 4.79 Å². The summed E-state index contributed by atoms with van der Waals surface area (Å²) in [7, 11) is 0. The third-order valence-electron chi connectivity index (χ3n) is 5.87. The molecule has 0 aliphatic carbocycles. The summed E-state index contributed by atoms with van der Waals surface area (Å²) in [4.78, 5) is 17.7. The smallest absolute Gasteiger partial charge is 0.254 e. The average Bonchev–Trinajstić information content (AvgIpc) is 3.41. The molecule has 6 heteroatoms. The molecular weight excluding hydrogens is 404 g/mol. The third-order valence-corrected chi connectivity index (χ3v) is 7.02. The summed E-state index contributed by atoms with van der Waals surface area (Å²) in [5, 5.41) is 4.57. The van der Waals surface area contributed by atoms with E-state index in [2.05, 4.69) is 30.8 Å². The summed E-state index contributed by atoms with van der Waals surface area (Å²) in [6.07, 6.45) is 4.83. The Bertz CT molecular complexity index is 823. The first kappa shape index (κ1) is 18.7. The first-order valence-electron chi connectivity index (χ1n) is 9.90. The van der Waals surface area contributed by atoms with Crippen LogP contribution >= 0.6 is 15.9 Å². The summed E-state index contributed by atoms with van der Waals surface area (Å²) in [5.74, 6) is 0.165. The molecule has 1 aromatic carbocycles. The van der Waals surface area contributed by atoms with Crippen molar-refractivity contribution in [3.63, 3.8) is 0 Å². The SMILES string of the molecule is Cc1nn(-c2ccc(C(=O)N3CCCC3CN3CCCC3)cc2)c(C)c1Br. The molecule has 1 unspecified atom stereocenters. The van der Waals surface area contributed by atoms with Gasteiger partial charge in [0.25, 0.3) is 5.91 Å². The fourth-order valence-corrected chi connectivity index (χ4v) is 4.59. The van der Waals surface area contributed by atoms with Gasteiger partial charge in [0, 0.05) is 24.7 Å². The Morgan fingerprint density at radius 1 is 1.11 bits per heavy atom. The van der Waals surface area contributed by atoms with E-state index in [1.165, 1.54) is 25.9 Å². The van der Waals surface area contributed by atoms with Gasteiger partial charge in [0.2, 0.25) is 0 Å². The fourth-order valence-electron chi connectivity index (χ4n) is 4.34. The van der Waals surface area contributed by atoms with Crippen LogP contribution < -0.4 is 0 Å². The first-order chi connectivity index (χ1) is 13.0. The van der Waals surface area contributed by atoms with Crippen LogP contribution in [0, 0.1) is 13.8 Å². The Kier molecular flexibility index (Phi) is 5.37. The molecule has 1 amide bonds. The van der Waals surface area contributed by atoms with Gasteiger partial charge < -0.3 is 9.80 Å². The molecule has 0 N–H and O–H groups in total. The van der Waals surface area contributed by atoms with Crippen molar-refractivity contribution in [3.05, 3.63) is 45.7 Å². The van der Waals surface area contributed by atoms with E-state index in [1.807, 2.05) is 42.8 Å². The summed E-state index contributed by atoms with van der Waals surface area (Å²) in [6, 6.07) is 8.22. The number of carbonyl (C=O) groups excluding carboxylic acids is 1. The summed E-state index contributed by atoms with van der Waals surface area (Å²) >= 11 is 3.57. The van der Waals surface area contributed by atoms with Crippen molar-refractivity contribution in [3.8, 4) is 5.69 Å². The maximum Gasteiger partial charge on any atom is 0.254 e. The summed E-state index contributed by atoms with van der Waals surface area (Å²) in [6.45, 7) is 8.31. The zero-order valence-electron chi connectivity index (χ0n) is 16.1. The molecule has 0 bridgehead atoms. The van der Waals surface area contributed by atoms with E-state index in [0.29, 0.717) is 6.04 Å². The topological polar surface area (TPSA) is 41.4 Å². The minimum Gasteiger partial charge on any atom is -0.334 e. The van der Waals surface area contributed by atoms with Crippen LogP contribution in [0.2, 0.25) is 0 Å². The molecule has 5 nitrogen and oxygen atoms in total. The Morgan fingerprint density at radius 3 is 2.44 bits per heavy atom. The van der Waals surface area contributed by atoms with Gasteiger partial charge in [-0.15, -0.1) is 0 Å². The molecule has 1 aromatic heterocycles. The number of rotatable bonds is 4. The van der Waals surface area contributed by atoms with Crippen molar-refractivity contribution in [2.45, 2.75) is 45.6 Å². The molecule has 2 fully saturated rings. The quantitative estimate of drug-likeness (QED) is 0.736. The minimum atomic E-state index is 0.165. The minimum absolute atomic E-state index is 0.165. The molecule has 0 spiro atoms. The van der Waals surface area contributed by atoms with Gasteiger partial charge in [-0.05, 0) is 92.8 Å². The van der Waals surface area contributed by atoms with Crippen molar-refractivity contribution in [1.29, 1.82) is 0 Å². The monoisotopic (exact) mass is 430 g/mol. The number of amides is 1.